The van der Waals surface area contributed by atoms with E-state index in [0.29, 0.717) is 5.65 Å². The van der Waals surface area contributed by atoms with Crippen LogP contribution in [0.3, 0.4) is 0 Å². The first kappa shape index (κ1) is 7.79. The second-order valence-corrected chi connectivity index (χ2v) is 2.76. The van der Waals surface area contributed by atoms with Crippen LogP contribution in [0.15, 0.2) is 30.7 Å². The molecule has 1 N–H and O–H groups in total. The van der Waals surface area contributed by atoms with Crippen molar-refractivity contribution in [3.8, 4) is 0 Å². The van der Waals surface area contributed by atoms with E-state index in [1.807, 2.05) is 12.3 Å². The van der Waals surface area contributed by atoms with E-state index in [0.717, 1.165) is 5.56 Å². The van der Waals surface area contributed by atoms with Crippen LogP contribution >= 0.6 is 0 Å². The van der Waals surface area contributed by atoms with Crippen molar-refractivity contribution in [1.29, 1.82) is 0 Å². The van der Waals surface area contributed by atoms with Crippen molar-refractivity contribution < 1.29 is 9.90 Å². The number of imidazole rings is 1. The molecule has 0 bridgehead atoms. The van der Waals surface area contributed by atoms with Gasteiger partial charge in [0, 0.05) is 24.2 Å². The number of nitrogens with zero attached hydrogens (tertiary/aromatic N) is 2. The fourth-order valence-electron chi connectivity index (χ4n) is 1.31. The molecule has 0 atom stereocenters. The van der Waals surface area contributed by atoms with E-state index in [-0.39, 0.29) is 6.42 Å². The standard InChI is InChI=1S/C9H8N2O2/c12-8(13)6-7-2-1-4-11-5-3-10-9(7)11/h1-5H,6H2,(H,12,13). The number of carboxylic acid groups (broad SMARTS) is 1. The van der Waals surface area contributed by atoms with Crippen LogP contribution in [0.5, 0.6) is 0 Å². The number of pyridine rings is 1. The molecule has 0 aliphatic rings. The van der Waals surface area contributed by atoms with Crippen molar-refractivity contribution in [3.63, 3.8) is 0 Å². The summed E-state index contributed by atoms with van der Waals surface area (Å²) in [6.45, 7) is 0. The predicted molar refractivity (Wildman–Crippen MR) is 46.5 cm³/mol. The van der Waals surface area contributed by atoms with Gasteiger partial charge in [-0.2, -0.15) is 0 Å². The maximum Gasteiger partial charge on any atom is 0.307 e. The average molecular weight is 176 g/mol. The van der Waals surface area contributed by atoms with Gasteiger partial charge in [0.05, 0.1) is 6.42 Å². The van der Waals surface area contributed by atoms with Gasteiger partial charge in [-0.1, -0.05) is 6.07 Å². The Bertz CT molecular complexity index is 448. The smallest absolute Gasteiger partial charge is 0.307 e. The highest BCUT2D eigenvalue weighted by molar-refractivity contribution is 5.73. The van der Waals surface area contributed by atoms with Crippen LogP contribution in [-0.2, 0) is 11.2 Å². The molecule has 2 aromatic heterocycles. The van der Waals surface area contributed by atoms with Gasteiger partial charge in [-0.15, -0.1) is 0 Å². The summed E-state index contributed by atoms with van der Waals surface area (Å²) in [6.07, 6.45) is 5.30. The Hall–Kier alpha value is -1.84. The van der Waals surface area contributed by atoms with Gasteiger partial charge in [0.2, 0.25) is 0 Å². The molecule has 0 aliphatic heterocycles. The fourth-order valence-corrected chi connectivity index (χ4v) is 1.31. The number of rotatable bonds is 2. The SMILES string of the molecule is O=C(O)Cc1cccn2ccnc12. The second kappa shape index (κ2) is 2.90. The minimum Gasteiger partial charge on any atom is -0.481 e. The Morgan fingerprint density at radius 2 is 2.38 bits per heavy atom. The second-order valence-electron chi connectivity index (χ2n) is 2.76. The molecule has 4 heteroatoms. The molecule has 0 saturated carbocycles. The summed E-state index contributed by atoms with van der Waals surface area (Å²) in [5.74, 6) is -0.837. The molecular weight excluding hydrogens is 168 g/mol. The summed E-state index contributed by atoms with van der Waals surface area (Å²) in [6, 6.07) is 3.59. The van der Waals surface area contributed by atoms with Crippen LogP contribution in [0.1, 0.15) is 5.56 Å². The molecule has 4 nitrogen and oxygen atoms in total. The van der Waals surface area contributed by atoms with Crippen LogP contribution in [-0.4, -0.2) is 20.5 Å². The Labute approximate surface area is 74.5 Å². The molecule has 2 aromatic rings. The first-order valence-corrected chi connectivity index (χ1v) is 3.90. The van der Waals surface area contributed by atoms with Gasteiger partial charge in [0.25, 0.3) is 0 Å². The molecule has 0 unspecified atom stereocenters. The van der Waals surface area contributed by atoms with Gasteiger partial charge in [0.1, 0.15) is 5.65 Å². The molecule has 0 aliphatic carbocycles. The van der Waals surface area contributed by atoms with Crippen molar-refractivity contribution in [3.05, 3.63) is 36.3 Å². The zero-order chi connectivity index (χ0) is 9.26. The van der Waals surface area contributed by atoms with E-state index >= 15 is 0 Å². The average Bonchev–Trinajstić information content (AvgIpc) is 2.51. The van der Waals surface area contributed by atoms with Gasteiger partial charge in [-0.25, -0.2) is 4.98 Å². The van der Waals surface area contributed by atoms with Gasteiger partial charge < -0.3 is 9.51 Å². The first-order chi connectivity index (χ1) is 6.27. The van der Waals surface area contributed by atoms with Gasteiger partial charge in [-0.05, 0) is 6.07 Å². The monoisotopic (exact) mass is 176 g/mol. The van der Waals surface area contributed by atoms with E-state index < -0.39 is 5.97 Å². The predicted octanol–water partition coefficient (Wildman–Crippen LogP) is 0.961. The highest BCUT2D eigenvalue weighted by Gasteiger charge is 2.05. The third kappa shape index (κ3) is 1.38. The Balaban J connectivity index is 2.54. The molecule has 2 heterocycles. The highest BCUT2D eigenvalue weighted by Crippen LogP contribution is 2.08. The largest absolute Gasteiger partial charge is 0.481 e. The Kier molecular flexibility index (Phi) is 1.73. The zero-order valence-electron chi connectivity index (χ0n) is 6.84. The van der Waals surface area contributed by atoms with Gasteiger partial charge in [-0.3, -0.25) is 4.79 Å². The van der Waals surface area contributed by atoms with E-state index in [1.165, 1.54) is 0 Å². The van der Waals surface area contributed by atoms with Gasteiger partial charge in [0.15, 0.2) is 0 Å². The van der Waals surface area contributed by atoms with Crippen molar-refractivity contribution in [2.45, 2.75) is 6.42 Å². The molecule has 2 rings (SSSR count). The van der Waals surface area contributed by atoms with Crippen molar-refractivity contribution in [2.75, 3.05) is 0 Å². The molecule has 0 radical (unpaired) electrons. The van der Waals surface area contributed by atoms with E-state index in [4.69, 9.17) is 5.11 Å². The molecule has 0 amide bonds. The summed E-state index contributed by atoms with van der Waals surface area (Å²) in [4.78, 5) is 14.6. The van der Waals surface area contributed by atoms with E-state index in [2.05, 4.69) is 4.98 Å². The number of aromatic nitrogens is 2. The number of carboxylic acids is 1. The van der Waals surface area contributed by atoms with Crippen molar-refractivity contribution in [1.82, 2.24) is 9.38 Å². The lowest BCUT2D eigenvalue weighted by Crippen LogP contribution is -2.02. The topological polar surface area (TPSA) is 54.6 Å². The molecule has 13 heavy (non-hydrogen) atoms. The lowest BCUT2D eigenvalue weighted by molar-refractivity contribution is -0.136. The van der Waals surface area contributed by atoms with E-state index in [9.17, 15) is 4.79 Å². The Morgan fingerprint density at radius 1 is 1.54 bits per heavy atom. The highest BCUT2D eigenvalue weighted by atomic mass is 16.4. The number of carbonyl (C=O) groups is 1. The molecule has 0 fully saturated rings. The maximum absolute atomic E-state index is 10.5. The minimum absolute atomic E-state index is 0.0152. The summed E-state index contributed by atoms with van der Waals surface area (Å²) in [5, 5.41) is 8.63. The quantitative estimate of drug-likeness (QED) is 0.741. The normalized spacial score (nSPS) is 10.5. The Morgan fingerprint density at radius 3 is 3.15 bits per heavy atom. The first-order valence-electron chi connectivity index (χ1n) is 3.90. The molecule has 66 valence electrons. The van der Waals surface area contributed by atoms with Crippen LogP contribution < -0.4 is 0 Å². The lowest BCUT2D eigenvalue weighted by atomic mass is 10.2. The summed E-state index contributed by atoms with van der Waals surface area (Å²) in [5.41, 5.74) is 1.45. The van der Waals surface area contributed by atoms with Crippen LogP contribution in [0.2, 0.25) is 0 Å². The van der Waals surface area contributed by atoms with Crippen LogP contribution in [0.25, 0.3) is 5.65 Å². The minimum atomic E-state index is -0.837. The fraction of sp³-hybridized carbons (Fsp3) is 0.111. The number of fused-ring (bicyclic) bond motifs is 1. The number of aliphatic carboxylic acids is 1. The summed E-state index contributed by atoms with van der Waals surface area (Å²) < 4.78 is 1.80. The van der Waals surface area contributed by atoms with Gasteiger partial charge >= 0.3 is 5.97 Å². The number of hydrogen-bond acceptors (Lipinski definition) is 2. The summed E-state index contributed by atoms with van der Waals surface area (Å²) >= 11 is 0. The molecular formula is C9H8N2O2. The van der Waals surface area contributed by atoms with E-state index in [1.54, 1.807) is 22.9 Å². The molecule has 0 saturated heterocycles. The molecule has 0 aromatic carbocycles. The lowest BCUT2D eigenvalue weighted by Gasteiger charge is -1.99. The number of hydrogen-bond donors (Lipinski definition) is 1. The van der Waals surface area contributed by atoms with Crippen LogP contribution in [0.4, 0.5) is 0 Å². The maximum atomic E-state index is 10.5. The third-order valence-corrected chi connectivity index (χ3v) is 1.84. The zero-order valence-corrected chi connectivity index (χ0v) is 6.84. The summed E-state index contributed by atoms with van der Waals surface area (Å²) in [7, 11) is 0. The van der Waals surface area contributed by atoms with Crippen molar-refractivity contribution >= 4 is 11.6 Å². The molecule has 0 spiro atoms. The third-order valence-electron chi connectivity index (χ3n) is 1.84. The van der Waals surface area contributed by atoms with Crippen LogP contribution in [0, 0.1) is 0 Å². The van der Waals surface area contributed by atoms with Crippen molar-refractivity contribution in [2.24, 2.45) is 0 Å².